The lowest BCUT2D eigenvalue weighted by atomic mass is 10.1. The molecule has 0 spiro atoms. The second-order valence-corrected chi connectivity index (χ2v) is 4.81. The molecule has 1 aromatic carbocycles. The van der Waals surface area contributed by atoms with E-state index in [1.54, 1.807) is 17.9 Å². The van der Waals surface area contributed by atoms with E-state index in [9.17, 15) is 9.90 Å². The Labute approximate surface area is 110 Å². The average Bonchev–Trinajstić information content (AvgIpc) is 2.94. The van der Waals surface area contributed by atoms with Gasteiger partial charge in [-0.25, -0.2) is 4.98 Å². The molecule has 5 heteroatoms. The van der Waals surface area contributed by atoms with Crippen LogP contribution in [0.2, 0.25) is 0 Å². The van der Waals surface area contributed by atoms with E-state index in [0.29, 0.717) is 12.1 Å². The number of carbonyl (C=O) groups excluding carboxylic acids is 1. The molecule has 0 saturated carbocycles. The summed E-state index contributed by atoms with van der Waals surface area (Å²) in [6, 6.07) is 7.43. The molecule has 0 bridgehead atoms. The van der Waals surface area contributed by atoms with Crippen LogP contribution in [-0.2, 0) is 13.5 Å². The summed E-state index contributed by atoms with van der Waals surface area (Å²) >= 11 is 0. The van der Waals surface area contributed by atoms with Crippen LogP contribution < -0.4 is 5.32 Å². The Hall–Kier alpha value is -2.14. The van der Waals surface area contributed by atoms with Crippen molar-refractivity contribution in [1.82, 2.24) is 14.9 Å². The molecule has 1 aromatic heterocycles. The average molecular weight is 257 g/mol. The number of hydrogen-bond donors (Lipinski definition) is 2. The summed E-state index contributed by atoms with van der Waals surface area (Å²) in [4.78, 5) is 16.1. The molecule has 2 atom stereocenters. The van der Waals surface area contributed by atoms with Gasteiger partial charge in [0.1, 0.15) is 5.69 Å². The first-order valence-corrected chi connectivity index (χ1v) is 6.20. The molecule has 0 saturated heterocycles. The number of aliphatic hydroxyl groups excluding tert-OH is 1. The zero-order valence-corrected chi connectivity index (χ0v) is 10.6. The normalized spacial score (nSPS) is 21.2. The molecule has 2 aromatic rings. The van der Waals surface area contributed by atoms with E-state index < -0.39 is 6.10 Å². The number of nitrogens with one attached hydrogen (secondary N) is 1. The Kier molecular flexibility index (Phi) is 2.83. The summed E-state index contributed by atoms with van der Waals surface area (Å²) in [6.07, 6.45) is 3.10. The number of carbonyl (C=O) groups is 1. The van der Waals surface area contributed by atoms with Crippen LogP contribution in [-0.4, -0.2) is 26.7 Å². The van der Waals surface area contributed by atoms with Crippen molar-refractivity contribution >= 4 is 5.91 Å². The third-order valence-corrected chi connectivity index (χ3v) is 3.54. The third kappa shape index (κ3) is 2.02. The Bertz CT molecular complexity index is 621. The van der Waals surface area contributed by atoms with Gasteiger partial charge in [0.2, 0.25) is 0 Å². The monoisotopic (exact) mass is 257 g/mol. The van der Waals surface area contributed by atoms with Crippen LogP contribution in [0.25, 0.3) is 0 Å². The van der Waals surface area contributed by atoms with Crippen LogP contribution in [0.1, 0.15) is 27.7 Å². The van der Waals surface area contributed by atoms with Crippen LogP contribution in [0.3, 0.4) is 0 Å². The molecule has 98 valence electrons. The minimum absolute atomic E-state index is 0.222. The van der Waals surface area contributed by atoms with Crippen LogP contribution in [0, 0.1) is 0 Å². The number of benzene rings is 1. The Morgan fingerprint density at radius 2 is 2.26 bits per heavy atom. The fourth-order valence-corrected chi connectivity index (χ4v) is 2.54. The smallest absolute Gasteiger partial charge is 0.270 e. The molecule has 1 aliphatic rings. The van der Waals surface area contributed by atoms with Crippen LogP contribution in [0.15, 0.2) is 36.8 Å². The quantitative estimate of drug-likeness (QED) is 0.836. The predicted octanol–water partition coefficient (Wildman–Crippen LogP) is 0.808. The molecule has 1 aliphatic carbocycles. The zero-order chi connectivity index (χ0) is 13.4. The molecule has 0 unspecified atom stereocenters. The Morgan fingerprint density at radius 3 is 3.00 bits per heavy atom. The van der Waals surface area contributed by atoms with Gasteiger partial charge >= 0.3 is 0 Å². The lowest BCUT2D eigenvalue weighted by Gasteiger charge is -2.17. The van der Waals surface area contributed by atoms with E-state index >= 15 is 0 Å². The standard InChI is InChI=1S/C14H15N3O2/c1-17-8-15-7-11(17)14(19)16-13-10-5-3-2-4-9(10)6-12(13)18/h2-5,7-8,12-13,18H,6H2,1H3,(H,16,19)/t12-,13+/m1/s1. The minimum Gasteiger partial charge on any atom is -0.390 e. The van der Waals surface area contributed by atoms with Crippen molar-refractivity contribution in [2.24, 2.45) is 7.05 Å². The Balaban J connectivity index is 1.84. The number of rotatable bonds is 2. The van der Waals surface area contributed by atoms with Crippen molar-refractivity contribution in [3.8, 4) is 0 Å². The van der Waals surface area contributed by atoms with E-state index in [4.69, 9.17) is 0 Å². The first-order valence-electron chi connectivity index (χ1n) is 6.20. The van der Waals surface area contributed by atoms with Gasteiger partial charge in [-0.05, 0) is 11.1 Å². The molecule has 1 amide bonds. The van der Waals surface area contributed by atoms with E-state index in [-0.39, 0.29) is 11.9 Å². The molecule has 0 fully saturated rings. The maximum atomic E-state index is 12.2. The largest absolute Gasteiger partial charge is 0.390 e. The molecule has 1 heterocycles. The van der Waals surface area contributed by atoms with E-state index in [1.807, 2.05) is 24.3 Å². The molecule has 0 aliphatic heterocycles. The highest BCUT2D eigenvalue weighted by molar-refractivity contribution is 5.92. The molecule has 19 heavy (non-hydrogen) atoms. The summed E-state index contributed by atoms with van der Waals surface area (Å²) < 4.78 is 1.66. The van der Waals surface area contributed by atoms with Gasteiger partial charge in [0.15, 0.2) is 0 Å². The highest BCUT2D eigenvalue weighted by atomic mass is 16.3. The fraction of sp³-hybridized carbons (Fsp3) is 0.286. The summed E-state index contributed by atoms with van der Waals surface area (Å²) in [5, 5.41) is 13.0. The molecular formula is C14H15N3O2. The Morgan fingerprint density at radius 1 is 1.47 bits per heavy atom. The van der Waals surface area contributed by atoms with Crippen molar-refractivity contribution in [2.75, 3.05) is 0 Å². The van der Waals surface area contributed by atoms with Gasteiger partial charge in [-0.15, -0.1) is 0 Å². The number of aryl methyl sites for hydroxylation is 1. The number of fused-ring (bicyclic) bond motifs is 1. The number of hydrogen-bond acceptors (Lipinski definition) is 3. The maximum absolute atomic E-state index is 12.2. The highest BCUT2D eigenvalue weighted by Gasteiger charge is 2.32. The van der Waals surface area contributed by atoms with Gasteiger partial charge in [0.25, 0.3) is 5.91 Å². The second-order valence-electron chi connectivity index (χ2n) is 4.81. The van der Waals surface area contributed by atoms with E-state index in [1.165, 1.54) is 6.20 Å². The van der Waals surface area contributed by atoms with Gasteiger partial charge in [-0.1, -0.05) is 24.3 Å². The summed E-state index contributed by atoms with van der Waals surface area (Å²) in [7, 11) is 1.76. The molecule has 0 radical (unpaired) electrons. The topological polar surface area (TPSA) is 67.2 Å². The van der Waals surface area contributed by atoms with Gasteiger partial charge < -0.3 is 15.0 Å². The second kappa shape index (κ2) is 4.51. The molecule has 3 rings (SSSR count). The zero-order valence-electron chi connectivity index (χ0n) is 10.6. The highest BCUT2D eigenvalue weighted by Crippen LogP contribution is 2.31. The lowest BCUT2D eigenvalue weighted by molar-refractivity contribution is 0.0850. The van der Waals surface area contributed by atoms with Crippen molar-refractivity contribution in [1.29, 1.82) is 0 Å². The van der Waals surface area contributed by atoms with Gasteiger partial charge in [0.05, 0.1) is 24.7 Å². The summed E-state index contributed by atoms with van der Waals surface area (Å²) in [5.74, 6) is -0.222. The number of amides is 1. The lowest BCUT2D eigenvalue weighted by Crippen LogP contribution is -2.34. The molecule has 2 N–H and O–H groups in total. The summed E-state index contributed by atoms with van der Waals surface area (Å²) in [6.45, 7) is 0. The van der Waals surface area contributed by atoms with Gasteiger partial charge in [-0.2, -0.15) is 0 Å². The third-order valence-electron chi connectivity index (χ3n) is 3.54. The number of aliphatic hydroxyl groups is 1. The van der Waals surface area contributed by atoms with Crippen molar-refractivity contribution in [2.45, 2.75) is 18.6 Å². The number of imidazole rings is 1. The number of nitrogens with zero attached hydrogens (tertiary/aromatic N) is 2. The minimum atomic E-state index is -0.574. The van der Waals surface area contributed by atoms with Crippen LogP contribution in [0.4, 0.5) is 0 Å². The van der Waals surface area contributed by atoms with Crippen molar-refractivity contribution < 1.29 is 9.90 Å². The van der Waals surface area contributed by atoms with Gasteiger partial charge in [-0.3, -0.25) is 4.79 Å². The van der Waals surface area contributed by atoms with E-state index in [0.717, 1.165) is 11.1 Å². The van der Waals surface area contributed by atoms with Crippen LogP contribution in [0.5, 0.6) is 0 Å². The number of aromatic nitrogens is 2. The molecular weight excluding hydrogens is 242 g/mol. The SMILES string of the molecule is Cn1cncc1C(=O)N[C@H]1c2ccccc2C[C@H]1O. The summed E-state index contributed by atoms with van der Waals surface area (Å²) in [5.41, 5.74) is 2.56. The van der Waals surface area contributed by atoms with Crippen molar-refractivity contribution in [3.05, 3.63) is 53.6 Å². The van der Waals surface area contributed by atoms with Gasteiger partial charge in [0, 0.05) is 13.5 Å². The maximum Gasteiger partial charge on any atom is 0.270 e. The fourth-order valence-electron chi connectivity index (χ4n) is 2.54. The van der Waals surface area contributed by atoms with E-state index in [2.05, 4.69) is 10.3 Å². The predicted molar refractivity (Wildman–Crippen MR) is 69.6 cm³/mol. The van der Waals surface area contributed by atoms with Crippen molar-refractivity contribution in [3.63, 3.8) is 0 Å². The molecule has 5 nitrogen and oxygen atoms in total. The first-order chi connectivity index (χ1) is 9.16. The first kappa shape index (κ1) is 11.9. The van der Waals surface area contributed by atoms with Crippen LogP contribution >= 0.6 is 0 Å².